The van der Waals surface area contributed by atoms with Gasteiger partial charge in [-0.2, -0.15) is 0 Å². The zero-order valence-electron chi connectivity index (χ0n) is 13.9. The van der Waals surface area contributed by atoms with Crippen LogP contribution in [0.25, 0.3) is 0 Å². The average Bonchev–Trinajstić information content (AvgIpc) is 2.87. The smallest absolute Gasteiger partial charge is 0.259 e. The van der Waals surface area contributed by atoms with E-state index in [2.05, 4.69) is 15.0 Å². The van der Waals surface area contributed by atoms with Crippen molar-refractivity contribution in [2.24, 2.45) is 7.05 Å². The molecule has 8 nitrogen and oxygen atoms in total. The lowest BCUT2D eigenvalue weighted by Crippen LogP contribution is -2.44. The van der Waals surface area contributed by atoms with Gasteiger partial charge in [-0.3, -0.25) is 4.79 Å². The third-order valence-corrected chi connectivity index (χ3v) is 5.57. The largest absolute Gasteiger partial charge is 0.343 e. The van der Waals surface area contributed by atoms with Crippen LogP contribution in [-0.4, -0.2) is 61.5 Å². The number of hydrogen-bond donors (Lipinski definition) is 2. The van der Waals surface area contributed by atoms with Crippen molar-refractivity contribution in [2.45, 2.75) is 37.3 Å². The van der Waals surface area contributed by atoms with Crippen LogP contribution in [0.15, 0.2) is 11.2 Å². The van der Waals surface area contributed by atoms with Gasteiger partial charge in [0, 0.05) is 39.3 Å². The predicted octanol–water partition coefficient (Wildman–Crippen LogP) is -0.393. The molecule has 2 rings (SSSR count). The van der Waals surface area contributed by atoms with Gasteiger partial charge < -0.3 is 14.8 Å². The lowest BCUT2D eigenvalue weighted by molar-refractivity contribution is -0.132. The molecule has 0 aromatic carbocycles. The Bertz CT molecular complexity index is 630. The molecule has 2 heterocycles. The highest BCUT2D eigenvalue weighted by Crippen LogP contribution is 2.11. The van der Waals surface area contributed by atoms with Crippen LogP contribution in [0.1, 0.15) is 25.1 Å². The normalized spacial score (nSPS) is 16.5. The van der Waals surface area contributed by atoms with Gasteiger partial charge in [0.1, 0.15) is 5.82 Å². The Kier molecular flexibility index (Phi) is 5.77. The Balaban J connectivity index is 1.84. The van der Waals surface area contributed by atoms with Crippen molar-refractivity contribution in [2.75, 3.05) is 26.7 Å². The van der Waals surface area contributed by atoms with Gasteiger partial charge in [-0.25, -0.2) is 18.1 Å². The molecular formula is C14H25N5O3S. The third kappa shape index (κ3) is 4.52. The summed E-state index contributed by atoms with van der Waals surface area (Å²) in [6.45, 7) is 3.63. The number of nitrogens with zero attached hydrogens (tertiary/aromatic N) is 3. The van der Waals surface area contributed by atoms with Crippen LogP contribution in [0.5, 0.6) is 0 Å². The third-order valence-electron chi connectivity index (χ3n) is 4.24. The fraction of sp³-hybridized carbons (Fsp3) is 0.714. The maximum absolute atomic E-state index is 12.2. The summed E-state index contributed by atoms with van der Waals surface area (Å²) >= 11 is 0. The summed E-state index contributed by atoms with van der Waals surface area (Å²) in [7, 11) is -0.149. The first kappa shape index (κ1) is 17.9. The van der Waals surface area contributed by atoms with Gasteiger partial charge in [-0.15, -0.1) is 0 Å². The second-order valence-electron chi connectivity index (χ2n) is 5.87. The summed E-state index contributed by atoms with van der Waals surface area (Å²) in [5.74, 6) is 0.573. The molecular weight excluding hydrogens is 318 g/mol. The van der Waals surface area contributed by atoms with E-state index in [0.717, 1.165) is 25.9 Å². The summed E-state index contributed by atoms with van der Waals surface area (Å²) in [4.78, 5) is 17.9. The van der Waals surface area contributed by atoms with Crippen LogP contribution < -0.4 is 10.0 Å². The molecule has 1 aromatic rings. The minimum Gasteiger partial charge on any atom is -0.343 e. The number of amides is 1. The van der Waals surface area contributed by atoms with Gasteiger partial charge in [0.15, 0.2) is 5.03 Å². The zero-order chi connectivity index (χ0) is 17.0. The zero-order valence-corrected chi connectivity index (χ0v) is 14.7. The van der Waals surface area contributed by atoms with E-state index in [-0.39, 0.29) is 29.9 Å². The molecule has 9 heteroatoms. The molecule has 0 aliphatic carbocycles. The van der Waals surface area contributed by atoms with Crippen molar-refractivity contribution in [1.82, 2.24) is 24.5 Å². The van der Waals surface area contributed by atoms with Gasteiger partial charge in [0.2, 0.25) is 5.91 Å². The van der Waals surface area contributed by atoms with Crippen LogP contribution in [-0.2, 0) is 21.9 Å². The summed E-state index contributed by atoms with van der Waals surface area (Å²) in [5.41, 5.74) is 0. The maximum atomic E-state index is 12.2. The first-order valence-electron chi connectivity index (χ1n) is 7.77. The van der Waals surface area contributed by atoms with Gasteiger partial charge in [0.05, 0.1) is 0 Å². The maximum Gasteiger partial charge on any atom is 0.259 e. The molecule has 1 aliphatic rings. The van der Waals surface area contributed by atoms with Crippen LogP contribution in [0.2, 0.25) is 0 Å². The number of piperidine rings is 1. The van der Waals surface area contributed by atoms with E-state index in [9.17, 15) is 13.2 Å². The summed E-state index contributed by atoms with van der Waals surface area (Å²) in [6, 6.07) is 0.235. The number of hydrogen-bond acceptors (Lipinski definition) is 5. The quantitative estimate of drug-likeness (QED) is 0.733. The van der Waals surface area contributed by atoms with E-state index >= 15 is 0 Å². The number of rotatable bonds is 6. The van der Waals surface area contributed by atoms with Crippen molar-refractivity contribution in [3.05, 3.63) is 12.0 Å². The van der Waals surface area contributed by atoms with E-state index < -0.39 is 10.0 Å². The Hall–Kier alpha value is -1.45. The van der Waals surface area contributed by atoms with E-state index in [1.54, 1.807) is 30.5 Å². The van der Waals surface area contributed by atoms with Crippen molar-refractivity contribution in [1.29, 1.82) is 0 Å². The van der Waals surface area contributed by atoms with Gasteiger partial charge >= 0.3 is 0 Å². The van der Waals surface area contributed by atoms with Crippen molar-refractivity contribution >= 4 is 15.9 Å². The molecule has 1 fully saturated rings. The van der Waals surface area contributed by atoms with E-state index in [1.165, 1.54) is 6.20 Å². The first-order valence-corrected chi connectivity index (χ1v) is 9.25. The fourth-order valence-electron chi connectivity index (χ4n) is 2.60. The van der Waals surface area contributed by atoms with E-state index in [4.69, 9.17) is 0 Å². The van der Waals surface area contributed by atoms with Crippen LogP contribution in [0.4, 0.5) is 0 Å². The molecule has 2 N–H and O–H groups in total. The Morgan fingerprint density at radius 1 is 1.48 bits per heavy atom. The molecule has 0 radical (unpaired) electrons. The number of aryl methyl sites for hydroxylation is 2. The number of carbonyl (C=O) groups is 1. The van der Waals surface area contributed by atoms with Gasteiger partial charge in [-0.1, -0.05) is 0 Å². The minimum absolute atomic E-state index is 0.0170. The highest BCUT2D eigenvalue weighted by Gasteiger charge is 2.23. The number of imidazole rings is 1. The van der Waals surface area contributed by atoms with E-state index in [0.29, 0.717) is 5.82 Å². The Labute approximate surface area is 137 Å². The lowest BCUT2D eigenvalue weighted by Gasteiger charge is -2.31. The number of sulfonamides is 1. The van der Waals surface area contributed by atoms with Crippen LogP contribution >= 0.6 is 0 Å². The average molecular weight is 343 g/mol. The molecule has 0 spiro atoms. The summed E-state index contributed by atoms with van der Waals surface area (Å²) in [5, 5.41) is 3.24. The lowest BCUT2D eigenvalue weighted by atomic mass is 10.1. The highest BCUT2D eigenvalue weighted by molar-refractivity contribution is 7.89. The fourth-order valence-corrected chi connectivity index (χ4v) is 3.66. The number of nitrogens with one attached hydrogen (secondary N) is 2. The summed E-state index contributed by atoms with van der Waals surface area (Å²) in [6.07, 6.45) is 3.47. The van der Waals surface area contributed by atoms with Crippen molar-refractivity contribution < 1.29 is 13.2 Å². The second-order valence-corrected chi connectivity index (χ2v) is 7.58. The molecule has 23 heavy (non-hydrogen) atoms. The molecule has 0 unspecified atom stereocenters. The summed E-state index contributed by atoms with van der Waals surface area (Å²) < 4.78 is 28.3. The Morgan fingerprint density at radius 2 is 2.13 bits per heavy atom. The topological polar surface area (TPSA) is 96.3 Å². The predicted molar refractivity (Wildman–Crippen MR) is 86.4 cm³/mol. The standard InChI is InChI=1S/C14H25N5O3S/c1-11-17-13(10-18(11)2)23(21,22)16-9-6-14(20)19(3)12-4-7-15-8-5-12/h10,12,15-16H,4-9H2,1-3H3. The molecule has 130 valence electrons. The molecule has 1 aliphatic heterocycles. The first-order chi connectivity index (χ1) is 10.8. The highest BCUT2D eigenvalue weighted by atomic mass is 32.2. The van der Waals surface area contributed by atoms with Gasteiger partial charge in [0.25, 0.3) is 10.0 Å². The molecule has 1 aromatic heterocycles. The molecule has 0 atom stereocenters. The number of aromatic nitrogens is 2. The number of carbonyl (C=O) groups excluding carboxylic acids is 1. The molecule has 1 saturated heterocycles. The molecule has 0 bridgehead atoms. The monoisotopic (exact) mass is 343 g/mol. The second kappa shape index (κ2) is 7.41. The van der Waals surface area contributed by atoms with Crippen LogP contribution in [0, 0.1) is 6.92 Å². The molecule has 1 amide bonds. The SMILES string of the molecule is Cc1nc(S(=O)(=O)NCCC(=O)N(C)C2CCNCC2)cn1C. The Morgan fingerprint density at radius 3 is 2.70 bits per heavy atom. The molecule has 0 saturated carbocycles. The van der Waals surface area contributed by atoms with Gasteiger partial charge in [-0.05, 0) is 32.9 Å². The minimum atomic E-state index is -3.67. The van der Waals surface area contributed by atoms with E-state index in [1.807, 2.05) is 0 Å². The van der Waals surface area contributed by atoms with Crippen molar-refractivity contribution in [3.8, 4) is 0 Å². The van der Waals surface area contributed by atoms with Crippen molar-refractivity contribution in [3.63, 3.8) is 0 Å². The van der Waals surface area contributed by atoms with Crippen LogP contribution in [0.3, 0.4) is 0 Å².